The van der Waals surface area contributed by atoms with Gasteiger partial charge in [0.2, 0.25) is 5.91 Å². The molecule has 0 aromatic heterocycles. The second-order valence-corrected chi connectivity index (χ2v) is 5.94. The van der Waals surface area contributed by atoms with Crippen LogP contribution in [0.2, 0.25) is 5.02 Å². The SMILES string of the molecule is Nc1ccc(OCCC(=O)Nc2ccc(Cl)cc2I)cc1. The van der Waals surface area contributed by atoms with E-state index in [-0.39, 0.29) is 12.3 Å². The molecule has 0 fully saturated rings. The summed E-state index contributed by atoms with van der Waals surface area (Å²) in [5.41, 5.74) is 7.01. The van der Waals surface area contributed by atoms with Gasteiger partial charge in [-0.3, -0.25) is 4.79 Å². The Morgan fingerprint density at radius 1 is 1.24 bits per heavy atom. The van der Waals surface area contributed by atoms with E-state index >= 15 is 0 Å². The minimum atomic E-state index is -0.106. The van der Waals surface area contributed by atoms with Crippen molar-refractivity contribution in [2.75, 3.05) is 17.7 Å². The van der Waals surface area contributed by atoms with Crippen molar-refractivity contribution in [3.8, 4) is 5.75 Å². The molecular formula is C15H14ClIN2O2. The van der Waals surface area contributed by atoms with Gasteiger partial charge in [-0.05, 0) is 65.1 Å². The van der Waals surface area contributed by atoms with Crippen LogP contribution < -0.4 is 15.8 Å². The maximum atomic E-state index is 11.8. The molecule has 4 nitrogen and oxygen atoms in total. The highest BCUT2D eigenvalue weighted by Gasteiger charge is 2.06. The van der Waals surface area contributed by atoms with E-state index in [1.54, 1.807) is 42.5 Å². The molecule has 0 aliphatic rings. The van der Waals surface area contributed by atoms with Crippen molar-refractivity contribution >= 4 is 51.5 Å². The van der Waals surface area contributed by atoms with Gasteiger partial charge in [-0.15, -0.1) is 0 Å². The Bertz CT molecular complexity index is 632. The van der Waals surface area contributed by atoms with Crippen molar-refractivity contribution < 1.29 is 9.53 Å². The number of nitrogens with two attached hydrogens (primary N) is 1. The average molecular weight is 417 g/mol. The molecule has 110 valence electrons. The van der Waals surface area contributed by atoms with Crippen molar-refractivity contribution in [3.63, 3.8) is 0 Å². The van der Waals surface area contributed by atoms with Crippen molar-refractivity contribution in [1.82, 2.24) is 0 Å². The molecule has 3 N–H and O–H groups in total. The molecule has 2 aromatic rings. The molecule has 0 saturated carbocycles. The lowest BCUT2D eigenvalue weighted by Gasteiger charge is -2.09. The standard InChI is InChI=1S/C15H14ClIN2O2/c16-10-1-6-14(13(17)9-10)19-15(20)7-8-21-12-4-2-11(18)3-5-12/h1-6,9H,7-8,18H2,(H,19,20). The number of amides is 1. The number of hydrogen-bond acceptors (Lipinski definition) is 3. The maximum Gasteiger partial charge on any atom is 0.227 e. The first-order chi connectivity index (χ1) is 10.0. The highest BCUT2D eigenvalue weighted by molar-refractivity contribution is 14.1. The molecule has 1 amide bonds. The number of anilines is 2. The minimum absolute atomic E-state index is 0.106. The number of rotatable bonds is 5. The number of benzene rings is 2. The Morgan fingerprint density at radius 2 is 1.95 bits per heavy atom. The second-order valence-electron chi connectivity index (χ2n) is 4.34. The summed E-state index contributed by atoms with van der Waals surface area (Å²) in [6, 6.07) is 12.4. The third kappa shape index (κ3) is 5.09. The fourth-order valence-electron chi connectivity index (χ4n) is 1.63. The smallest absolute Gasteiger partial charge is 0.227 e. The zero-order valence-electron chi connectivity index (χ0n) is 11.1. The molecule has 2 rings (SSSR count). The first-order valence-corrected chi connectivity index (χ1v) is 7.73. The number of ether oxygens (including phenoxy) is 1. The van der Waals surface area contributed by atoms with Gasteiger partial charge in [0.15, 0.2) is 0 Å². The predicted octanol–water partition coefficient (Wildman–Crippen LogP) is 3.93. The zero-order valence-corrected chi connectivity index (χ0v) is 14.0. The van der Waals surface area contributed by atoms with E-state index in [0.29, 0.717) is 23.1 Å². The van der Waals surface area contributed by atoms with Gasteiger partial charge in [-0.2, -0.15) is 0 Å². The minimum Gasteiger partial charge on any atom is -0.493 e. The molecule has 0 aliphatic heterocycles. The van der Waals surface area contributed by atoms with Crippen LogP contribution in [-0.4, -0.2) is 12.5 Å². The molecule has 0 saturated heterocycles. The van der Waals surface area contributed by atoms with Crippen LogP contribution in [0.3, 0.4) is 0 Å². The summed E-state index contributed by atoms with van der Waals surface area (Å²) in [6.07, 6.45) is 0.267. The van der Waals surface area contributed by atoms with Gasteiger partial charge in [-0.25, -0.2) is 0 Å². The summed E-state index contributed by atoms with van der Waals surface area (Å²) < 4.78 is 6.38. The van der Waals surface area contributed by atoms with Crippen LogP contribution >= 0.6 is 34.2 Å². The van der Waals surface area contributed by atoms with Crippen molar-refractivity contribution in [1.29, 1.82) is 0 Å². The zero-order chi connectivity index (χ0) is 15.2. The van der Waals surface area contributed by atoms with Crippen molar-refractivity contribution in [2.45, 2.75) is 6.42 Å². The van der Waals surface area contributed by atoms with E-state index in [9.17, 15) is 4.79 Å². The van der Waals surface area contributed by atoms with Gasteiger partial charge >= 0.3 is 0 Å². The van der Waals surface area contributed by atoms with E-state index in [2.05, 4.69) is 27.9 Å². The van der Waals surface area contributed by atoms with Gasteiger partial charge in [0, 0.05) is 14.3 Å². The number of nitrogens with one attached hydrogen (secondary N) is 1. The van der Waals surface area contributed by atoms with Crippen LogP contribution in [0.5, 0.6) is 5.75 Å². The predicted molar refractivity (Wildman–Crippen MR) is 93.8 cm³/mol. The quantitative estimate of drug-likeness (QED) is 0.573. The fourth-order valence-corrected chi connectivity index (χ4v) is 2.64. The van der Waals surface area contributed by atoms with E-state index in [0.717, 1.165) is 9.26 Å². The van der Waals surface area contributed by atoms with Crippen LogP contribution in [0.1, 0.15) is 6.42 Å². The molecule has 0 atom stereocenters. The van der Waals surface area contributed by atoms with Gasteiger partial charge in [0.1, 0.15) is 5.75 Å². The Labute approximate surface area is 141 Å². The lowest BCUT2D eigenvalue weighted by Crippen LogP contribution is -2.15. The molecule has 6 heteroatoms. The maximum absolute atomic E-state index is 11.8. The van der Waals surface area contributed by atoms with Crippen LogP contribution in [0.4, 0.5) is 11.4 Å². The monoisotopic (exact) mass is 416 g/mol. The molecule has 0 spiro atoms. The number of carbonyl (C=O) groups is 1. The summed E-state index contributed by atoms with van der Waals surface area (Å²) >= 11 is 8.00. The van der Waals surface area contributed by atoms with E-state index in [1.807, 2.05) is 0 Å². The summed E-state index contributed by atoms with van der Waals surface area (Å²) in [7, 11) is 0. The average Bonchev–Trinajstić information content (AvgIpc) is 2.44. The molecule has 0 aliphatic carbocycles. The third-order valence-electron chi connectivity index (χ3n) is 2.68. The lowest BCUT2D eigenvalue weighted by molar-refractivity contribution is -0.116. The van der Waals surface area contributed by atoms with E-state index in [4.69, 9.17) is 22.1 Å². The van der Waals surface area contributed by atoms with Gasteiger partial charge in [-0.1, -0.05) is 11.6 Å². The molecular weight excluding hydrogens is 403 g/mol. The van der Waals surface area contributed by atoms with Crippen LogP contribution in [0, 0.1) is 3.57 Å². The van der Waals surface area contributed by atoms with Crippen LogP contribution in [0.15, 0.2) is 42.5 Å². The Balaban J connectivity index is 1.81. The molecule has 21 heavy (non-hydrogen) atoms. The van der Waals surface area contributed by atoms with E-state index < -0.39 is 0 Å². The summed E-state index contributed by atoms with van der Waals surface area (Å²) in [5, 5.41) is 3.47. The molecule has 0 bridgehead atoms. The number of hydrogen-bond donors (Lipinski definition) is 2. The lowest BCUT2D eigenvalue weighted by atomic mass is 10.3. The summed E-state index contributed by atoms with van der Waals surface area (Å²) in [4.78, 5) is 11.8. The third-order valence-corrected chi connectivity index (χ3v) is 3.81. The molecule has 0 radical (unpaired) electrons. The Morgan fingerprint density at radius 3 is 2.62 bits per heavy atom. The molecule has 2 aromatic carbocycles. The van der Waals surface area contributed by atoms with Gasteiger partial charge < -0.3 is 15.8 Å². The highest BCUT2D eigenvalue weighted by Crippen LogP contribution is 2.22. The van der Waals surface area contributed by atoms with Crippen molar-refractivity contribution in [2.24, 2.45) is 0 Å². The van der Waals surface area contributed by atoms with Crippen molar-refractivity contribution in [3.05, 3.63) is 51.1 Å². The summed E-state index contributed by atoms with van der Waals surface area (Å²) in [6.45, 7) is 0.305. The number of nitrogen functional groups attached to an aromatic ring is 1. The van der Waals surface area contributed by atoms with Gasteiger partial charge in [0.05, 0.1) is 18.7 Å². The second kappa shape index (κ2) is 7.51. The molecule has 0 unspecified atom stereocenters. The fraction of sp³-hybridized carbons (Fsp3) is 0.133. The number of halogens is 2. The Kier molecular flexibility index (Phi) is 5.69. The van der Waals surface area contributed by atoms with E-state index in [1.165, 1.54) is 0 Å². The largest absolute Gasteiger partial charge is 0.493 e. The highest BCUT2D eigenvalue weighted by atomic mass is 127. The first-order valence-electron chi connectivity index (χ1n) is 6.28. The van der Waals surface area contributed by atoms with Gasteiger partial charge in [0.25, 0.3) is 0 Å². The van der Waals surface area contributed by atoms with Crippen LogP contribution in [-0.2, 0) is 4.79 Å². The first kappa shape index (κ1) is 15.9. The molecule has 0 heterocycles. The summed E-state index contributed by atoms with van der Waals surface area (Å²) in [5.74, 6) is 0.587. The Hall–Kier alpha value is -1.47. The van der Waals surface area contributed by atoms with Crippen LogP contribution in [0.25, 0.3) is 0 Å². The topological polar surface area (TPSA) is 64.3 Å². The normalized spacial score (nSPS) is 10.2. The number of carbonyl (C=O) groups excluding carboxylic acids is 1.